The van der Waals surface area contributed by atoms with Gasteiger partial charge in [-0.05, 0) is 23.6 Å². The van der Waals surface area contributed by atoms with Gasteiger partial charge in [0, 0.05) is 19.0 Å². The number of aromatic nitrogens is 1. The number of carbonyl (C=O) groups is 1. The number of fused-ring (bicyclic) bond motifs is 2. The van der Waals surface area contributed by atoms with Crippen LogP contribution in [0.5, 0.6) is 5.75 Å². The van der Waals surface area contributed by atoms with E-state index in [9.17, 15) is 9.90 Å². The lowest BCUT2D eigenvalue weighted by molar-refractivity contribution is 0.0995. The molecule has 5 nitrogen and oxygen atoms in total. The van der Waals surface area contributed by atoms with E-state index in [4.69, 9.17) is 4.74 Å². The van der Waals surface area contributed by atoms with E-state index in [1.54, 1.807) is 19.2 Å². The van der Waals surface area contributed by atoms with E-state index in [1.807, 2.05) is 53.1 Å². The van der Waals surface area contributed by atoms with Gasteiger partial charge < -0.3 is 14.4 Å². The van der Waals surface area contributed by atoms with Crippen molar-refractivity contribution >= 4 is 38.2 Å². The molecule has 3 aromatic carbocycles. The summed E-state index contributed by atoms with van der Waals surface area (Å²) in [5.41, 5.74) is 1.21. The minimum Gasteiger partial charge on any atom is -0.506 e. The number of thiazole rings is 1. The molecule has 0 unspecified atom stereocenters. The highest BCUT2D eigenvalue weighted by Gasteiger charge is 2.14. The highest BCUT2D eigenvalue weighted by atomic mass is 32.1. The summed E-state index contributed by atoms with van der Waals surface area (Å²) in [6.07, 6.45) is 0. The summed E-state index contributed by atoms with van der Waals surface area (Å²) in [5, 5.41) is 12.1. The van der Waals surface area contributed by atoms with Crippen LogP contribution in [0.2, 0.25) is 0 Å². The number of hydrogen-bond donors (Lipinski definition) is 1. The first kappa shape index (κ1) is 17.5. The molecule has 1 N–H and O–H groups in total. The molecule has 0 aliphatic rings. The molecule has 136 valence electrons. The normalized spacial score (nSPS) is 12.1. The van der Waals surface area contributed by atoms with Gasteiger partial charge >= 0.3 is 0 Å². The zero-order valence-corrected chi connectivity index (χ0v) is 15.6. The van der Waals surface area contributed by atoms with Crippen LogP contribution in [0.4, 0.5) is 0 Å². The Balaban J connectivity index is 1.84. The predicted molar refractivity (Wildman–Crippen MR) is 107 cm³/mol. The molecule has 0 saturated carbocycles. The Hall–Kier alpha value is -2.96. The summed E-state index contributed by atoms with van der Waals surface area (Å²) >= 11 is 1.45. The summed E-state index contributed by atoms with van der Waals surface area (Å²) in [7, 11) is 1.64. The molecule has 0 radical (unpaired) electrons. The summed E-state index contributed by atoms with van der Waals surface area (Å²) in [4.78, 5) is 17.7. The zero-order chi connectivity index (χ0) is 18.8. The molecule has 0 fully saturated rings. The summed E-state index contributed by atoms with van der Waals surface area (Å²) < 4.78 is 8.21. The lowest BCUT2D eigenvalue weighted by Crippen LogP contribution is -2.19. The molecule has 6 heteroatoms. The lowest BCUT2D eigenvalue weighted by atomic mass is 10.1. The van der Waals surface area contributed by atoms with Crippen molar-refractivity contribution in [2.75, 3.05) is 13.7 Å². The molecule has 1 heterocycles. The van der Waals surface area contributed by atoms with Gasteiger partial charge in [0.1, 0.15) is 5.75 Å². The van der Waals surface area contributed by atoms with Crippen LogP contribution in [0.15, 0.2) is 65.7 Å². The number of benzene rings is 3. The van der Waals surface area contributed by atoms with Crippen LogP contribution in [0.3, 0.4) is 0 Å². The van der Waals surface area contributed by atoms with Crippen molar-refractivity contribution in [3.63, 3.8) is 0 Å². The van der Waals surface area contributed by atoms with E-state index in [0.717, 1.165) is 15.6 Å². The fourth-order valence-corrected chi connectivity index (χ4v) is 4.13. The number of aromatic hydroxyl groups is 1. The Morgan fingerprint density at radius 2 is 1.89 bits per heavy atom. The number of methoxy groups -OCH3 is 1. The van der Waals surface area contributed by atoms with Crippen LogP contribution in [-0.4, -0.2) is 29.3 Å². The third-order valence-electron chi connectivity index (χ3n) is 4.44. The average molecular weight is 378 g/mol. The maximum absolute atomic E-state index is 12.8. The highest BCUT2D eigenvalue weighted by molar-refractivity contribution is 7.16. The summed E-state index contributed by atoms with van der Waals surface area (Å²) in [6.45, 7) is 1.11. The lowest BCUT2D eigenvalue weighted by Gasteiger charge is -2.06. The molecule has 0 aliphatic heterocycles. The number of hydrogen-bond acceptors (Lipinski definition) is 4. The highest BCUT2D eigenvalue weighted by Crippen LogP contribution is 2.29. The Bertz CT molecular complexity index is 1210. The molecule has 1 amide bonds. The second kappa shape index (κ2) is 7.34. The quantitative estimate of drug-likeness (QED) is 0.585. The van der Waals surface area contributed by atoms with Crippen molar-refractivity contribution in [2.24, 2.45) is 4.99 Å². The Morgan fingerprint density at radius 1 is 1.11 bits per heavy atom. The van der Waals surface area contributed by atoms with Crippen LogP contribution in [-0.2, 0) is 11.3 Å². The molecule has 27 heavy (non-hydrogen) atoms. The average Bonchev–Trinajstić information content (AvgIpc) is 3.03. The van der Waals surface area contributed by atoms with Crippen LogP contribution < -0.4 is 4.80 Å². The van der Waals surface area contributed by atoms with Crippen molar-refractivity contribution < 1.29 is 14.6 Å². The molecule has 4 aromatic rings. The number of carbonyl (C=O) groups excluding carboxylic acids is 1. The van der Waals surface area contributed by atoms with Gasteiger partial charge in [-0.25, -0.2) is 0 Å². The fourth-order valence-electron chi connectivity index (χ4n) is 3.08. The number of ether oxygens (including phenoxy) is 1. The number of phenolic OH excluding ortho intramolecular Hbond substituents is 1. The molecule has 0 saturated heterocycles. The summed E-state index contributed by atoms with van der Waals surface area (Å²) in [5.74, 6) is -0.498. The topological polar surface area (TPSA) is 63.8 Å². The van der Waals surface area contributed by atoms with E-state index in [1.165, 1.54) is 11.3 Å². The number of phenols is 1. The van der Waals surface area contributed by atoms with E-state index < -0.39 is 5.91 Å². The third-order valence-corrected chi connectivity index (χ3v) is 5.49. The maximum atomic E-state index is 12.8. The van der Waals surface area contributed by atoms with Crippen molar-refractivity contribution in [3.8, 4) is 5.75 Å². The minimum absolute atomic E-state index is 0.0357. The van der Waals surface area contributed by atoms with Gasteiger partial charge in [0.25, 0.3) is 5.91 Å². The number of amides is 1. The van der Waals surface area contributed by atoms with Gasteiger partial charge in [-0.15, -0.1) is 0 Å². The van der Waals surface area contributed by atoms with Crippen molar-refractivity contribution in [2.45, 2.75) is 6.54 Å². The van der Waals surface area contributed by atoms with Gasteiger partial charge in [-0.3, -0.25) is 4.79 Å². The molecule has 4 rings (SSSR count). The van der Waals surface area contributed by atoms with E-state index in [2.05, 4.69) is 4.99 Å². The second-order valence-corrected chi connectivity index (χ2v) is 7.11. The summed E-state index contributed by atoms with van der Waals surface area (Å²) in [6, 6.07) is 18.8. The van der Waals surface area contributed by atoms with Gasteiger partial charge in [-0.1, -0.05) is 53.8 Å². The van der Waals surface area contributed by atoms with Crippen molar-refractivity contribution in [1.29, 1.82) is 0 Å². The van der Waals surface area contributed by atoms with Crippen LogP contribution in [0.25, 0.3) is 21.0 Å². The van der Waals surface area contributed by atoms with Gasteiger partial charge in [0.15, 0.2) is 4.80 Å². The molecule has 0 spiro atoms. The second-order valence-electron chi connectivity index (χ2n) is 6.10. The van der Waals surface area contributed by atoms with Crippen molar-refractivity contribution in [1.82, 2.24) is 4.57 Å². The minimum atomic E-state index is -0.462. The van der Waals surface area contributed by atoms with Gasteiger partial charge in [-0.2, -0.15) is 4.99 Å². The molecule has 0 bridgehead atoms. The SMILES string of the molecule is COCCn1c(=NC(=O)c2ccc3ccccc3c2O)sc2ccccc21. The predicted octanol–water partition coefficient (Wildman–Crippen LogP) is 3.95. The van der Waals surface area contributed by atoms with E-state index >= 15 is 0 Å². The standard InChI is InChI=1S/C21H18N2O3S/c1-26-13-12-23-17-8-4-5-9-18(17)27-21(23)22-20(25)16-11-10-14-6-2-3-7-15(14)19(16)24/h2-11,24H,12-13H2,1H3. The Labute approximate surface area is 159 Å². The van der Waals surface area contributed by atoms with Crippen LogP contribution >= 0.6 is 11.3 Å². The largest absolute Gasteiger partial charge is 0.506 e. The fraction of sp³-hybridized carbons (Fsp3) is 0.143. The number of para-hydroxylation sites is 1. The first-order valence-corrected chi connectivity index (χ1v) is 9.38. The number of nitrogens with zero attached hydrogens (tertiary/aromatic N) is 2. The zero-order valence-electron chi connectivity index (χ0n) is 14.8. The molecular formula is C21H18N2O3S. The van der Waals surface area contributed by atoms with Crippen LogP contribution in [0.1, 0.15) is 10.4 Å². The van der Waals surface area contributed by atoms with Gasteiger partial charge in [0.2, 0.25) is 0 Å². The van der Waals surface area contributed by atoms with E-state index in [-0.39, 0.29) is 11.3 Å². The third kappa shape index (κ3) is 3.25. The first-order chi connectivity index (χ1) is 13.2. The van der Waals surface area contributed by atoms with Gasteiger partial charge in [0.05, 0.1) is 22.4 Å². The van der Waals surface area contributed by atoms with Crippen molar-refractivity contribution in [3.05, 3.63) is 71.0 Å². The van der Waals surface area contributed by atoms with E-state index in [0.29, 0.717) is 23.3 Å². The molecular weight excluding hydrogens is 360 g/mol. The maximum Gasteiger partial charge on any atom is 0.283 e. The molecule has 0 aliphatic carbocycles. The monoisotopic (exact) mass is 378 g/mol. The Kier molecular flexibility index (Phi) is 4.75. The molecule has 0 atom stereocenters. The number of rotatable bonds is 4. The smallest absolute Gasteiger partial charge is 0.283 e. The first-order valence-electron chi connectivity index (χ1n) is 8.56. The van der Waals surface area contributed by atoms with Crippen LogP contribution in [0, 0.1) is 0 Å². The Morgan fingerprint density at radius 3 is 2.74 bits per heavy atom. The molecule has 1 aromatic heterocycles.